The van der Waals surface area contributed by atoms with Crippen molar-refractivity contribution < 1.29 is 0 Å². The highest BCUT2D eigenvalue weighted by atomic mass is 15.0. The molecule has 262 valence electrons. The monoisotopic (exact) mass is 715 g/mol. The molecule has 0 N–H and O–H groups in total. The highest BCUT2D eigenvalue weighted by Gasteiger charge is 2.20. The molecule has 0 radical (unpaired) electrons. The van der Waals surface area contributed by atoms with Crippen LogP contribution >= 0.6 is 0 Å². The van der Waals surface area contributed by atoms with Gasteiger partial charge in [-0.2, -0.15) is 0 Å². The van der Waals surface area contributed by atoms with E-state index in [1.165, 1.54) is 43.7 Å². The van der Waals surface area contributed by atoms with Gasteiger partial charge in [0, 0.05) is 49.6 Å². The highest BCUT2D eigenvalue weighted by molar-refractivity contribution is 6.19. The number of aromatic nitrogens is 5. The van der Waals surface area contributed by atoms with Crippen molar-refractivity contribution >= 4 is 43.6 Å². The lowest BCUT2D eigenvalue weighted by atomic mass is 10.1. The van der Waals surface area contributed by atoms with Crippen LogP contribution in [0.15, 0.2) is 200 Å². The van der Waals surface area contributed by atoms with Gasteiger partial charge in [-0.05, 0) is 59.7 Å². The van der Waals surface area contributed by atoms with Gasteiger partial charge in [-0.25, -0.2) is 15.0 Å². The number of hydrogen-bond acceptors (Lipinski definition) is 3. The Morgan fingerprint density at radius 3 is 1.12 bits per heavy atom. The van der Waals surface area contributed by atoms with Crippen LogP contribution in [0.4, 0.5) is 0 Å². The fourth-order valence-electron chi connectivity index (χ4n) is 8.16. The number of rotatable bonds is 6. The number of nitrogens with zero attached hydrogens (tertiary/aromatic N) is 5. The van der Waals surface area contributed by atoms with Gasteiger partial charge in [-0.3, -0.25) is 0 Å². The quantitative estimate of drug-likeness (QED) is 0.172. The molecule has 0 aliphatic rings. The van der Waals surface area contributed by atoms with Gasteiger partial charge < -0.3 is 9.13 Å². The number of hydrogen-bond donors (Lipinski definition) is 0. The van der Waals surface area contributed by atoms with Gasteiger partial charge in [0.05, 0.1) is 22.1 Å². The molecule has 0 fully saturated rings. The van der Waals surface area contributed by atoms with Gasteiger partial charge >= 0.3 is 0 Å². The highest BCUT2D eigenvalue weighted by Crippen LogP contribution is 2.40. The van der Waals surface area contributed by atoms with Crippen LogP contribution in [0.2, 0.25) is 0 Å². The summed E-state index contributed by atoms with van der Waals surface area (Å²) in [6, 6.07) is 70.5. The molecule has 5 heteroatoms. The molecule has 0 aliphatic heterocycles. The Labute approximate surface area is 323 Å². The Hall–Kier alpha value is -7.63. The smallest absolute Gasteiger partial charge is 0.164 e. The first kappa shape index (κ1) is 31.9. The molecule has 3 aromatic heterocycles. The van der Waals surface area contributed by atoms with Crippen LogP contribution in [-0.2, 0) is 0 Å². The Morgan fingerprint density at radius 1 is 0.250 bits per heavy atom. The van der Waals surface area contributed by atoms with E-state index in [-0.39, 0.29) is 0 Å². The zero-order valence-electron chi connectivity index (χ0n) is 30.3. The molecule has 0 bridgehead atoms. The summed E-state index contributed by atoms with van der Waals surface area (Å²) in [6.45, 7) is 0. The van der Waals surface area contributed by atoms with E-state index in [1.54, 1.807) is 0 Å². The minimum atomic E-state index is 0.628. The minimum absolute atomic E-state index is 0.628. The second-order valence-electron chi connectivity index (χ2n) is 14.1. The van der Waals surface area contributed by atoms with Gasteiger partial charge in [-0.1, -0.05) is 152 Å². The van der Waals surface area contributed by atoms with E-state index in [0.29, 0.717) is 17.5 Å². The van der Waals surface area contributed by atoms with Gasteiger partial charge in [0.15, 0.2) is 17.5 Å². The summed E-state index contributed by atoms with van der Waals surface area (Å²) >= 11 is 0. The molecular formula is C51H33N5. The lowest BCUT2D eigenvalue weighted by Crippen LogP contribution is -2.01. The predicted octanol–water partition coefficient (Wildman–Crippen LogP) is 12.7. The molecule has 0 unspecified atom stereocenters. The van der Waals surface area contributed by atoms with Crippen molar-refractivity contribution in [2.24, 2.45) is 0 Å². The number of para-hydroxylation sites is 2. The second-order valence-corrected chi connectivity index (χ2v) is 14.1. The van der Waals surface area contributed by atoms with E-state index in [4.69, 9.17) is 15.0 Å². The molecule has 0 saturated heterocycles. The third-order valence-corrected chi connectivity index (χ3v) is 10.7. The van der Waals surface area contributed by atoms with Crippen LogP contribution in [0.25, 0.3) is 100 Å². The van der Waals surface area contributed by atoms with Gasteiger partial charge in [0.2, 0.25) is 0 Å². The Bertz CT molecular complexity index is 3180. The van der Waals surface area contributed by atoms with Crippen molar-refractivity contribution in [1.82, 2.24) is 24.1 Å². The Balaban J connectivity index is 1.12. The first-order valence-corrected chi connectivity index (χ1v) is 18.9. The average Bonchev–Trinajstić information content (AvgIpc) is 3.78. The van der Waals surface area contributed by atoms with Crippen molar-refractivity contribution in [3.8, 4) is 56.7 Å². The fourth-order valence-corrected chi connectivity index (χ4v) is 8.16. The summed E-state index contributed by atoms with van der Waals surface area (Å²) in [5, 5.41) is 4.81. The summed E-state index contributed by atoms with van der Waals surface area (Å²) in [6.07, 6.45) is 0. The zero-order chi connectivity index (χ0) is 37.0. The summed E-state index contributed by atoms with van der Waals surface area (Å²) in [5.74, 6) is 1.91. The van der Waals surface area contributed by atoms with E-state index in [2.05, 4.69) is 149 Å². The molecule has 3 heterocycles. The molecule has 5 nitrogen and oxygen atoms in total. The molecule has 0 aliphatic carbocycles. The average molecular weight is 716 g/mol. The third-order valence-electron chi connectivity index (χ3n) is 10.7. The van der Waals surface area contributed by atoms with Gasteiger partial charge in [0.1, 0.15) is 0 Å². The lowest BCUT2D eigenvalue weighted by Gasteiger charge is -2.12. The van der Waals surface area contributed by atoms with Gasteiger partial charge in [-0.15, -0.1) is 0 Å². The summed E-state index contributed by atoms with van der Waals surface area (Å²) in [5.41, 5.74) is 12.0. The normalized spacial score (nSPS) is 11.6. The summed E-state index contributed by atoms with van der Waals surface area (Å²) < 4.78 is 4.80. The van der Waals surface area contributed by atoms with Crippen LogP contribution < -0.4 is 0 Å². The van der Waals surface area contributed by atoms with Crippen molar-refractivity contribution in [2.45, 2.75) is 0 Å². The molecule has 8 aromatic carbocycles. The van der Waals surface area contributed by atoms with E-state index >= 15 is 0 Å². The SMILES string of the molecule is c1ccc(-c2cccc(-n3c4ccccc4c4cc5c(cc43)c3ccccc3n5-c3cccc(-c4nc(-c5ccccc5)nc(-c5ccccc5)n4)c3)c2)cc1. The maximum absolute atomic E-state index is 5.04. The van der Waals surface area contributed by atoms with Crippen molar-refractivity contribution in [3.05, 3.63) is 200 Å². The molecule has 0 saturated carbocycles. The zero-order valence-corrected chi connectivity index (χ0v) is 30.3. The molecule has 11 aromatic rings. The van der Waals surface area contributed by atoms with Crippen LogP contribution in [0, 0.1) is 0 Å². The van der Waals surface area contributed by atoms with Crippen molar-refractivity contribution in [2.75, 3.05) is 0 Å². The van der Waals surface area contributed by atoms with Crippen molar-refractivity contribution in [3.63, 3.8) is 0 Å². The Morgan fingerprint density at radius 2 is 0.625 bits per heavy atom. The standard InChI is InChI=1S/C51H33N5/c1-4-16-34(17-5-1)37-22-14-24-39(30-37)55-45-28-12-10-26-41(45)43-33-48-44(32-47(43)55)42-27-11-13-29-46(42)56(48)40-25-15-23-38(31-40)51-53-49(35-18-6-2-7-19-35)52-50(54-51)36-20-8-3-9-21-36/h1-33H. The summed E-state index contributed by atoms with van der Waals surface area (Å²) in [4.78, 5) is 15.0. The van der Waals surface area contributed by atoms with E-state index in [9.17, 15) is 0 Å². The predicted molar refractivity (Wildman–Crippen MR) is 230 cm³/mol. The largest absolute Gasteiger partial charge is 0.309 e. The van der Waals surface area contributed by atoms with Crippen LogP contribution in [0.5, 0.6) is 0 Å². The van der Waals surface area contributed by atoms with Gasteiger partial charge in [0.25, 0.3) is 0 Å². The minimum Gasteiger partial charge on any atom is -0.309 e. The molecule has 11 rings (SSSR count). The fraction of sp³-hybridized carbons (Fsp3) is 0. The molecule has 0 spiro atoms. The van der Waals surface area contributed by atoms with Crippen molar-refractivity contribution in [1.29, 1.82) is 0 Å². The Kier molecular flexibility index (Phi) is 7.42. The summed E-state index contributed by atoms with van der Waals surface area (Å²) in [7, 11) is 0. The molecular weight excluding hydrogens is 683 g/mol. The lowest BCUT2D eigenvalue weighted by molar-refractivity contribution is 1.07. The molecule has 56 heavy (non-hydrogen) atoms. The molecule has 0 amide bonds. The van der Waals surface area contributed by atoms with E-state index in [0.717, 1.165) is 39.1 Å². The maximum Gasteiger partial charge on any atom is 0.164 e. The second kappa shape index (κ2) is 13.0. The maximum atomic E-state index is 5.04. The molecule has 0 atom stereocenters. The number of benzene rings is 8. The van der Waals surface area contributed by atoms with E-state index < -0.39 is 0 Å². The van der Waals surface area contributed by atoms with Crippen LogP contribution in [-0.4, -0.2) is 24.1 Å². The van der Waals surface area contributed by atoms with E-state index in [1.807, 2.05) is 60.7 Å². The van der Waals surface area contributed by atoms with Crippen LogP contribution in [0.1, 0.15) is 0 Å². The first-order chi connectivity index (χ1) is 27.8. The first-order valence-electron chi connectivity index (χ1n) is 18.9. The number of fused-ring (bicyclic) bond motifs is 6. The van der Waals surface area contributed by atoms with Crippen LogP contribution in [0.3, 0.4) is 0 Å². The third kappa shape index (κ3) is 5.29. The topological polar surface area (TPSA) is 48.5 Å².